The molecule has 0 amide bonds. The van der Waals surface area contributed by atoms with Crippen molar-refractivity contribution in [1.82, 2.24) is 4.98 Å². The van der Waals surface area contributed by atoms with Gasteiger partial charge in [-0.25, -0.2) is 10.8 Å². The smallest absolute Gasteiger partial charge is 0.367 e. The molecule has 118 valence electrons. The number of pyridine rings is 1. The number of rotatable bonds is 3. The summed E-state index contributed by atoms with van der Waals surface area (Å²) in [5, 5.41) is 3.11. The van der Waals surface area contributed by atoms with Gasteiger partial charge in [0.15, 0.2) is 0 Å². The number of hydrogen-bond donors (Lipinski definition) is 3. The number of nitrogens with two attached hydrogens (primary N) is 1. The van der Waals surface area contributed by atoms with Crippen LogP contribution in [0.1, 0.15) is 38.7 Å². The van der Waals surface area contributed by atoms with Crippen molar-refractivity contribution in [3.63, 3.8) is 0 Å². The summed E-state index contributed by atoms with van der Waals surface area (Å²) in [6.07, 6.45) is -1.47. The Morgan fingerprint density at radius 2 is 1.81 bits per heavy atom. The van der Waals surface area contributed by atoms with Gasteiger partial charge in [-0.1, -0.05) is 13.8 Å². The van der Waals surface area contributed by atoms with Crippen molar-refractivity contribution in [2.24, 2.45) is 17.7 Å². The number of aromatic nitrogens is 1. The molecular weight excluding hydrogens is 281 g/mol. The molecule has 4 nitrogen and oxygen atoms in total. The van der Waals surface area contributed by atoms with Crippen LogP contribution in [0, 0.1) is 11.8 Å². The maximum atomic E-state index is 12.9. The van der Waals surface area contributed by atoms with Crippen molar-refractivity contribution in [3.8, 4) is 0 Å². The Hall–Kier alpha value is -1.50. The zero-order valence-electron chi connectivity index (χ0n) is 12.2. The van der Waals surface area contributed by atoms with E-state index >= 15 is 0 Å². The van der Waals surface area contributed by atoms with E-state index in [1.807, 2.05) is 0 Å². The van der Waals surface area contributed by atoms with Crippen molar-refractivity contribution in [1.29, 1.82) is 0 Å². The maximum Gasteiger partial charge on any atom is 0.416 e. The molecule has 1 heterocycles. The van der Waals surface area contributed by atoms with Crippen LogP contribution in [0.15, 0.2) is 12.1 Å². The molecule has 3 atom stereocenters. The number of anilines is 2. The average Bonchev–Trinajstić information content (AvgIpc) is 2.41. The highest BCUT2D eigenvalue weighted by atomic mass is 19.4. The second-order valence-corrected chi connectivity index (χ2v) is 5.88. The Morgan fingerprint density at radius 3 is 2.38 bits per heavy atom. The molecule has 7 heteroatoms. The Balaban J connectivity index is 2.16. The fraction of sp³-hybridized carbons (Fsp3) is 0.643. The van der Waals surface area contributed by atoms with Crippen LogP contribution >= 0.6 is 0 Å². The molecule has 4 N–H and O–H groups in total. The van der Waals surface area contributed by atoms with Crippen LogP contribution in [-0.4, -0.2) is 11.0 Å². The van der Waals surface area contributed by atoms with Gasteiger partial charge in [0.25, 0.3) is 0 Å². The molecule has 1 fully saturated rings. The Labute approximate surface area is 122 Å². The molecule has 1 saturated carbocycles. The minimum absolute atomic E-state index is 0.00421. The fourth-order valence-corrected chi connectivity index (χ4v) is 2.73. The van der Waals surface area contributed by atoms with Crippen LogP contribution in [0.4, 0.5) is 24.8 Å². The van der Waals surface area contributed by atoms with Crippen molar-refractivity contribution in [2.45, 2.75) is 45.3 Å². The van der Waals surface area contributed by atoms with E-state index in [1.165, 1.54) is 0 Å². The van der Waals surface area contributed by atoms with Crippen LogP contribution in [0.5, 0.6) is 0 Å². The van der Waals surface area contributed by atoms with E-state index in [1.54, 1.807) is 0 Å². The summed E-state index contributed by atoms with van der Waals surface area (Å²) in [6, 6.07) is 2.08. The molecule has 1 aromatic heterocycles. The van der Waals surface area contributed by atoms with Gasteiger partial charge in [0, 0.05) is 6.04 Å². The minimum Gasteiger partial charge on any atom is -0.367 e. The van der Waals surface area contributed by atoms with E-state index in [0.29, 0.717) is 11.8 Å². The molecule has 1 aliphatic carbocycles. The molecule has 3 unspecified atom stereocenters. The third kappa shape index (κ3) is 4.00. The highest BCUT2D eigenvalue weighted by Gasteiger charge is 2.32. The van der Waals surface area contributed by atoms with Gasteiger partial charge in [-0.15, -0.1) is 0 Å². The number of nitrogens with zero attached hydrogens (tertiary/aromatic N) is 1. The van der Waals surface area contributed by atoms with E-state index in [4.69, 9.17) is 5.84 Å². The van der Waals surface area contributed by atoms with Gasteiger partial charge in [0.2, 0.25) is 0 Å². The lowest BCUT2D eigenvalue weighted by Crippen LogP contribution is -2.30. The SMILES string of the molecule is CC1CCC(Nc2cc(C(F)(F)F)cc(NN)n2)CC1C. The van der Waals surface area contributed by atoms with E-state index in [0.717, 1.165) is 31.4 Å². The molecule has 0 radical (unpaired) electrons. The fourth-order valence-electron chi connectivity index (χ4n) is 2.73. The lowest BCUT2D eigenvalue weighted by Gasteiger charge is -2.33. The van der Waals surface area contributed by atoms with Crippen molar-refractivity contribution in [2.75, 3.05) is 10.7 Å². The lowest BCUT2D eigenvalue weighted by atomic mass is 9.79. The molecule has 0 aliphatic heterocycles. The average molecular weight is 302 g/mol. The van der Waals surface area contributed by atoms with E-state index in [2.05, 4.69) is 29.6 Å². The second kappa shape index (κ2) is 6.09. The quantitative estimate of drug-likeness (QED) is 0.589. The summed E-state index contributed by atoms with van der Waals surface area (Å²) in [4.78, 5) is 4.06. The summed E-state index contributed by atoms with van der Waals surface area (Å²) >= 11 is 0. The van der Waals surface area contributed by atoms with Crippen LogP contribution < -0.4 is 16.6 Å². The van der Waals surface area contributed by atoms with E-state index in [9.17, 15) is 13.2 Å². The normalized spacial score (nSPS) is 26.5. The number of alkyl halides is 3. The van der Waals surface area contributed by atoms with Gasteiger partial charge in [-0.05, 0) is 43.2 Å². The summed E-state index contributed by atoms with van der Waals surface area (Å²) in [5.74, 6) is 6.62. The Morgan fingerprint density at radius 1 is 1.14 bits per heavy atom. The molecule has 1 aromatic rings. The van der Waals surface area contributed by atoms with E-state index in [-0.39, 0.29) is 17.7 Å². The zero-order valence-corrected chi connectivity index (χ0v) is 12.2. The molecule has 21 heavy (non-hydrogen) atoms. The van der Waals surface area contributed by atoms with Crippen molar-refractivity contribution < 1.29 is 13.2 Å². The molecule has 2 rings (SSSR count). The Kier molecular flexibility index (Phi) is 4.61. The number of nitrogen functional groups attached to an aromatic ring is 1. The molecular formula is C14H21F3N4. The molecule has 1 aliphatic rings. The first-order valence-electron chi connectivity index (χ1n) is 7.12. The van der Waals surface area contributed by atoms with Crippen molar-refractivity contribution in [3.05, 3.63) is 17.7 Å². The molecule has 0 spiro atoms. The first-order chi connectivity index (χ1) is 9.79. The lowest BCUT2D eigenvalue weighted by molar-refractivity contribution is -0.137. The predicted molar refractivity (Wildman–Crippen MR) is 76.6 cm³/mol. The van der Waals surface area contributed by atoms with E-state index < -0.39 is 11.7 Å². The highest BCUT2D eigenvalue weighted by molar-refractivity contribution is 5.49. The maximum absolute atomic E-state index is 12.9. The second-order valence-electron chi connectivity index (χ2n) is 5.88. The van der Waals surface area contributed by atoms with Gasteiger partial charge in [-0.2, -0.15) is 13.2 Å². The summed E-state index contributed by atoms with van der Waals surface area (Å²) in [6.45, 7) is 4.38. The molecule has 0 bridgehead atoms. The van der Waals surface area contributed by atoms with Gasteiger partial charge >= 0.3 is 6.18 Å². The number of hydrazine groups is 1. The van der Waals surface area contributed by atoms with Crippen LogP contribution in [0.25, 0.3) is 0 Å². The molecule has 0 aromatic carbocycles. The third-order valence-electron chi connectivity index (χ3n) is 4.25. The third-order valence-corrected chi connectivity index (χ3v) is 4.25. The summed E-state index contributed by atoms with van der Waals surface area (Å²) < 4.78 is 38.6. The number of nitrogens with one attached hydrogen (secondary N) is 2. The van der Waals surface area contributed by atoms with Gasteiger partial charge in [0.05, 0.1) is 5.56 Å². The first-order valence-corrected chi connectivity index (χ1v) is 7.12. The highest BCUT2D eigenvalue weighted by Crippen LogP contribution is 2.34. The largest absolute Gasteiger partial charge is 0.416 e. The van der Waals surface area contributed by atoms with Gasteiger partial charge in [0.1, 0.15) is 11.6 Å². The van der Waals surface area contributed by atoms with Crippen LogP contribution in [-0.2, 0) is 6.18 Å². The summed E-state index contributed by atoms with van der Waals surface area (Å²) in [7, 11) is 0. The van der Waals surface area contributed by atoms with Crippen LogP contribution in [0.2, 0.25) is 0 Å². The summed E-state index contributed by atoms with van der Waals surface area (Å²) in [5.41, 5.74) is 1.42. The topological polar surface area (TPSA) is 63.0 Å². The predicted octanol–water partition coefficient (Wildman–Crippen LogP) is 3.62. The Bertz CT molecular complexity index is 490. The van der Waals surface area contributed by atoms with Crippen LogP contribution in [0.3, 0.4) is 0 Å². The van der Waals surface area contributed by atoms with Crippen molar-refractivity contribution >= 4 is 11.6 Å². The van der Waals surface area contributed by atoms with Gasteiger partial charge < -0.3 is 10.7 Å². The number of hydrogen-bond acceptors (Lipinski definition) is 4. The monoisotopic (exact) mass is 302 g/mol. The number of halogens is 3. The first kappa shape index (κ1) is 15.9. The van der Waals surface area contributed by atoms with Gasteiger partial charge in [-0.3, -0.25) is 0 Å². The minimum atomic E-state index is -4.42. The standard InChI is InChI=1S/C14H21F3N4/c1-8-3-4-11(5-9(8)2)19-12-6-10(14(15,16)17)7-13(20-12)21-18/h6-9,11H,3-5,18H2,1-2H3,(H2,19,20,21). The molecule has 0 saturated heterocycles. The zero-order chi connectivity index (χ0) is 15.6.